The lowest BCUT2D eigenvalue weighted by atomic mass is 9.85. The first-order valence-electron chi connectivity index (χ1n) is 5.80. The molecule has 1 heterocycles. The zero-order valence-corrected chi connectivity index (χ0v) is 16.2. The maximum atomic E-state index is 12.2. The molecule has 1 aromatic rings. The van der Waals surface area contributed by atoms with Crippen LogP contribution in [-0.2, 0) is 10.0 Å². The lowest BCUT2D eigenvalue weighted by Gasteiger charge is -2.29. The van der Waals surface area contributed by atoms with E-state index in [9.17, 15) is 8.42 Å². The number of hydrogen-bond acceptors (Lipinski definition) is 3. The summed E-state index contributed by atoms with van der Waals surface area (Å²) in [5, 5.41) is 1.19. The van der Waals surface area contributed by atoms with Gasteiger partial charge in [-0.05, 0) is 40.3 Å². The standard InChI is InChI=1S/C11H16Br2ClNO2S2/c1-3-11(4-2,6-12)7-15-19(16,17)9-5-8(14)10(13)18-9/h5,15H,3-4,6-7H2,1-2H3. The Kier molecular flexibility index (Phi) is 6.81. The molecule has 0 aliphatic rings. The van der Waals surface area contributed by atoms with E-state index in [0.29, 0.717) is 15.4 Å². The first kappa shape index (κ1) is 17.9. The maximum absolute atomic E-state index is 12.2. The summed E-state index contributed by atoms with van der Waals surface area (Å²) in [5.74, 6) is 0. The highest BCUT2D eigenvalue weighted by molar-refractivity contribution is 9.11. The molecule has 0 unspecified atom stereocenters. The fourth-order valence-corrected chi connectivity index (χ4v) is 6.11. The van der Waals surface area contributed by atoms with Gasteiger partial charge in [0.2, 0.25) is 10.0 Å². The summed E-state index contributed by atoms with van der Waals surface area (Å²) >= 11 is 13.7. The average molecular weight is 454 g/mol. The number of sulfonamides is 1. The van der Waals surface area contributed by atoms with Crippen LogP contribution in [-0.4, -0.2) is 20.3 Å². The Balaban J connectivity index is 2.86. The minimum atomic E-state index is -3.49. The molecule has 0 saturated heterocycles. The van der Waals surface area contributed by atoms with Gasteiger partial charge in [0.05, 0.1) is 8.81 Å². The Morgan fingerprint density at radius 1 is 1.42 bits per heavy atom. The van der Waals surface area contributed by atoms with Gasteiger partial charge in [-0.1, -0.05) is 41.4 Å². The summed E-state index contributed by atoms with van der Waals surface area (Å²) in [6, 6.07) is 1.46. The van der Waals surface area contributed by atoms with Crippen LogP contribution in [0.4, 0.5) is 0 Å². The number of nitrogens with one attached hydrogen (secondary N) is 1. The molecule has 0 fully saturated rings. The highest BCUT2D eigenvalue weighted by Crippen LogP contribution is 2.35. The van der Waals surface area contributed by atoms with Crippen LogP contribution in [0, 0.1) is 5.41 Å². The quantitative estimate of drug-likeness (QED) is 0.611. The van der Waals surface area contributed by atoms with E-state index in [1.807, 2.05) is 0 Å². The molecule has 0 aliphatic carbocycles. The lowest BCUT2D eigenvalue weighted by molar-refractivity contribution is 0.310. The molecular weight excluding hydrogens is 438 g/mol. The van der Waals surface area contributed by atoms with Crippen molar-refractivity contribution in [1.82, 2.24) is 4.72 Å². The molecule has 0 spiro atoms. The van der Waals surface area contributed by atoms with Crippen molar-refractivity contribution in [3.63, 3.8) is 0 Å². The molecule has 0 aliphatic heterocycles. The van der Waals surface area contributed by atoms with Gasteiger partial charge in [0, 0.05) is 11.9 Å². The molecule has 1 aromatic heterocycles. The largest absolute Gasteiger partial charge is 0.250 e. The molecule has 3 nitrogen and oxygen atoms in total. The Morgan fingerprint density at radius 3 is 2.37 bits per heavy atom. The smallest absolute Gasteiger partial charge is 0.210 e. The second-order valence-corrected chi connectivity index (χ2v) is 9.68. The third-order valence-corrected chi connectivity index (χ3v) is 8.85. The number of halogens is 3. The molecule has 19 heavy (non-hydrogen) atoms. The Bertz CT molecular complexity index is 499. The molecule has 0 saturated carbocycles. The van der Waals surface area contributed by atoms with Crippen LogP contribution < -0.4 is 4.72 Å². The number of alkyl halides is 1. The van der Waals surface area contributed by atoms with E-state index in [4.69, 9.17) is 11.6 Å². The molecule has 0 aromatic carbocycles. The minimum Gasteiger partial charge on any atom is -0.210 e. The second kappa shape index (κ2) is 7.22. The molecule has 1 rings (SSSR count). The summed E-state index contributed by atoms with van der Waals surface area (Å²) in [6.45, 7) is 4.55. The van der Waals surface area contributed by atoms with E-state index >= 15 is 0 Å². The van der Waals surface area contributed by atoms with Crippen LogP contribution in [0.15, 0.2) is 14.1 Å². The van der Waals surface area contributed by atoms with Gasteiger partial charge in [-0.15, -0.1) is 11.3 Å². The normalized spacial score (nSPS) is 12.9. The van der Waals surface area contributed by atoms with Gasteiger partial charge in [0.25, 0.3) is 0 Å². The molecule has 1 N–H and O–H groups in total. The van der Waals surface area contributed by atoms with Gasteiger partial charge < -0.3 is 0 Å². The molecular formula is C11H16Br2ClNO2S2. The van der Waals surface area contributed by atoms with Crippen LogP contribution >= 0.6 is 54.8 Å². The van der Waals surface area contributed by atoms with Crippen molar-refractivity contribution in [2.45, 2.75) is 30.9 Å². The summed E-state index contributed by atoms with van der Waals surface area (Å²) in [4.78, 5) is 0. The highest BCUT2D eigenvalue weighted by atomic mass is 79.9. The predicted octanol–water partition coefficient (Wildman–Crippen LogP) is 4.64. The molecule has 0 bridgehead atoms. The molecule has 110 valence electrons. The summed E-state index contributed by atoms with van der Waals surface area (Å²) in [6.07, 6.45) is 1.82. The lowest BCUT2D eigenvalue weighted by Crippen LogP contribution is -2.37. The minimum absolute atomic E-state index is 0.0502. The van der Waals surface area contributed by atoms with E-state index in [1.54, 1.807) is 0 Å². The first-order chi connectivity index (χ1) is 8.80. The Hall–Kier alpha value is 0.860. The van der Waals surface area contributed by atoms with Crippen LogP contribution in [0.3, 0.4) is 0 Å². The third-order valence-electron chi connectivity index (χ3n) is 3.31. The SMILES string of the molecule is CCC(CC)(CBr)CNS(=O)(=O)c1cc(Cl)c(Br)s1. The number of hydrogen-bond donors (Lipinski definition) is 1. The van der Waals surface area contributed by atoms with Gasteiger partial charge in [0.1, 0.15) is 4.21 Å². The van der Waals surface area contributed by atoms with Gasteiger partial charge in [-0.25, -0.2) is 13.1 Å². The van der Waals surface area contributed by atoms with Gasteiger partial charge >= 0.3 is 0 Å². The summed E-state index contributed by atoms with van der Waals surface area (Å²) < 4.78 is 27.9. The van der Waals surface area contributed by atoms with Crippen molar-refractivity contribution in [2.24, 2.45) is 5.41 Å². The zero-order chi connectivity index (χ0) is 14.7. The van der Waals surface area contributed by atoms with Crippen LogP contribution in [0.25, 0.3) is 0 Å². The molecule has 0 amide bonds. The van der Waals surface area contributed by atoms with E-state index in [-0.39, 0.29) is 9.62 Å². The fraction of sp³-hybridized carbons (Fsp3) is 0.636. The van der Waals surface area contributed by atoms with Gasteiger partial charge in [-0.2, -0.15) is 0 Å². The van der Waals surface area contributed by atoms with Gasteiger partial charge in [-0.3, -0.25) is 0 Å². The van der Waals surface area contributed by atoms with Crippen molar-refractivity contribution >= 4 is 64.8 Å². The first-order valence-corrected chi connectivity index (χ1v) is 10.4. The van der Waals surface area contributed by atoms with Crippen molar-refractivity contribution < 1.29 is 8.42 Å². The molecule has 8 heteroatoms. The summed E-state index contributed by atoms with van der Waals surface area (Å²) in [7, 11) is -3.49. The fourth-order valence-electron chi connectivity index (χ4n) is 1.51. The molecule has 0 atom stereocenters. The van der Waals surface area contributed by atoms with Crippen molar-refractivity contribution in [3.05, 3.63) is 14.9 Å². The zero-order valence-electron chi connectivity index (χ0n) is 10.7. The van der Waals surface area contributed by atoms with E-state index in [1.165, 1.54) is 6.07 Å². The predicted molar refractivity (Wildman–Crippen MR) is 89.0 cm³/mol. The number of thiophene rings is 1. The van der Waals surface area contributed by atoms with E-state index < -0.39 is 10.0 Å². The average Bonchev–Trinajstić information content (AvgIpc) is 2.73. The third kappa shape index (κ3) is 4.41. The van der Waals surface area contributed by atoms with Crippen LogP contribution in [0.1, 0.15) is 26.7 Å². The number of rotatable bonds is 7. The van der Waals surface area contributed by atoms with Crippen molar-refractivity contribution in [2.75, 3.05) is 11.9 Å². The highest BCUT2D eigenvalue weighted by Gasteiger charge is 2.28. The van der Waals surface area contributed by atoms with Crippen LogP contribution in [0.2, 0.25) is 5.02 Å². The van der Waals surface area contributed by atoms with E-state index in [2.05, 4.69) is 50.4 Å². The van der Waals surface area contributed by atoms with Crippen molar-refractivity contribution in [3.8, 4) is 0 Å². The van der Waals surface area contributed by atoms with E-state index in [0.717, 1.165) is 29.5 Å². The molecule has 0 radical (unpaired) electrons. The van der Waals surface area contributed by atoms with Crippen LogP contribution in [0.5, 0.6) is 0 Å². The summed E-state index contributed by atoms with van der Waals surface area (Å²) in [5.41, 5.74) is -0.0502. The van der Waals surface area contributed by atoms with Gasteiger partial charge in [0.15, 0.2) is 0 Å². The monoisotopic (exact) mass is 451 g/mol. The second-order valence-electron chi connectivity index (χ2n) is 4.35. The Labute approximate surface area is 140 Å². The Morgan fingerprint density at radius 2 is 2.00 bits per heavy atom. The maximum Gasteiger partial charge on any atom is 0.250 e. The van der Waals surface area contributed by atoms with Crippen molar-refractivity contribution in [1.29, 1.82) is 0 Å². The topological polar surface area (TPSA) is 46.2 Å².